The van der Waals surface area contributed by atoms with Gasteiger partial charge in [-0.05, 0) is 13.3 Å². The second-order valence-electron chi connectivity index (χ2n) is 1.87. The lowest BCUT2D eigenvalue weighted by atomic mass is 11.4. The molecule has 0 fully saturated rings. The predicted molar refractivity (Wildman–Crippen MR) is 30.9 cm³/mol. The Hall–Kier alpha value is -0.280. The highest BCUT2D eigenvalue weighted by Gasteiger charge is 2.07. The standard InChI is InChI=1S/C4H8NOP/c1-5-4-7(2,3)6/h4H2,2-3H3. The van der Waals surface area contributed by atoms with Crippen LogP contribution in [-0.2, 0) is 4.57 Å². The van der Waals surface area contributed by atoms with E-state index in [0.29, 0.717) is 0 Å². The lowest BCUT2D eigenvalue weighted by Crippen LogP contribution is -1.74. The molecule has 0 saturated heterocycles. The number of nitrogens with zero attached hydrogens (tertiary/aromatic N) is 1. The molecule has 0 aliphatic heterocycles. The van der Waals surface area contributed by atoms with E-state index in [1.54, 1.807) is 13.3 Å². The van der Waals surface area contributed by atoms with Gasteiger partial charge in [0.1, 0.15) is 0 Å². The molecule has 0 saturated carbocycles. The van der Waals surface area contributed by atoms with Crippen molar-refractivity contribution in [3.63, 3.8) is 0 Å². The molecule has 0 aromatic heterocycles. The minimum absolute atomic E-state index is 0.188. The van der Waals surface area contributed by atoms with E-state index in [-0.39, 0.29) is 6.29 Å². The highest BCUT2D eigenvalue weighted by Crippen LogP contribution is 2.35. The molecule has 0 N–H and O–H groups in total. The van der Waals surface area contributed by atoms with Gasteiger partial charge in [0.2, 0.25) is 0 Å². The van der Waals surface area contributed by atoms with E-state index in [1.165, 1.54) is 0 Å². The van der Waals surface area contributed by atoms with E-state index >= 15 is 0 Å². The third kappa shape index (κ3) is 5.72. The smallest absolute Gasteiger partial charge is 0.263 e. The Labute approximate surface area is 43.7 Å². The third-order valence-corrected chi connectivity index (χ3v) is 1.23. The number of hydrogen-bond donors (Lipinski definition) is 0. The molecular weight excluding hydrogens is 109 g/mol. The molecule has 0 heterocycles. The maximum Gasteiger partial charge on any atom is 0.263 e. The first-order chi connectivity index (χ1) is 3.06. The number of rotatable bonds is 1. The van der Waals surface area contributed by atoms with Crippen LogP contribution < -0.4 is 0 Å². The summed E-state index contributed by atoms with van der Waals surface area (Å²) in [5.74, 6) is 0. The maximum absolute atomic E-state index is 10.6. The molecule has 0 aliphatic carbocycles. The molecule has 40 valence electrons. The Kier molecular flexibility index (Phi) is 2.05. The normalized spacial score (nSPS) is 10.4. The van der Waals surface area contributed by atoms with Gasteiger partial charge in [0.25, 0.3) is 6.29 Å². The Morgan fingerprint density at radius 1 is 1.71 bits per heavy atom. The molecule has 7 heavy (non-hydrogen) atoms. The van der Waals surface area contributed by atoms with Gasteiger partial charge in [-0.25, -0.2) is 6.57 Å². The molecule has 0 aliphatic rings. The lowest BCUT2D eigenvalue weighted by molar-refractivity contribution is 0.584. The Morgan fingerprint density at radius 3 is 2.14 bits per heavy atom. The minimum atomic E-state index is -2.02. The van der Waals surface area contributed by atoms with Gasteiger partial charge in [-0.1, -0.05) is 0 Å². The lowest BCUT2D eigenvalue weighted by Gasteiger charge is -1.90. The molecule has 0 rings (SSSR count). The monoisotopic (exact) mass is 117 g/mol. The van der Waals surface area contributed by atoms with Crippen LogP contribution in [-0.4, -0.2) is 19.6 Å². The van der Waals surface area contributed by atoms with Crippen molar-refractivity contribution in [3.05, 3.63) is 11.4 Å². The van der Waals surface area contributed by atoms with Crippen LogP contribution in [0.3, 0.4) is 0 Å². The average molecular weight is 117 g/mol. The van der Waals surface area contributed by atoms with Gasteiger partial charge in [0.15, 0.2) is 7.14 Å². The summed E-state index contributed by atoms with van der Waals surface area (Å²) in [6, 6.07) is 0. The van der Waals surface area contributed by atoms with E-state index in [9.17, 15) is 4.57 Å². The molecule has 2 nitrogen and oxygen atoms in total. The van der Waals surface area contributed by atoms with E-state index in [1.807, 2.05) is 0 Å². The number of hydrogen-bond acceptors (Lipinski definition) is 1. The van der Waals surface area contributed by atoms with Crippen molar-refractivity contribution < 1.29 is 4.57 Å². The van der Waals surface area contributed by atoms with Gasteiger partial charge >= 0.3 is 0 Å². The molecule has 0 bridgehead atoms. The van der Waals surface area contributed by atoms with Gasteiger partial charge < -0.3 is 9.41 Å². The largest absolute Gasteiger partial charge is 0.316 e. The molecule has 0 spiro atoms. The fraction of sp³-hybridized carbons (Fsp3) is 0.750. The van der Waals surface area contributed by atoms with Crippen LogP contribution >= 0.6 is 7.14 Å². The summed E-state index contributed by atoms with van der Waals surface area (Å²) in [6.45, 7) is 9.54. The highest BCUT2D eigenvalue weighted by atomic mass is 31.2. The first kappa shape index (κ1) is 6.72. The summed E-state index contributed by atoms with van der Waals surface area (Å²) in [7, 11) is -2.02. The van der Waals surface area contributed by atoms with Gasteiger partial charge in [-0.15, -0.1) is 0 Å². The summed E-state index contributed by atoms with van der Waals surface area (Å²) >= 11 is 0. The summed E-state index contributed by atoms with van der Waals surface area (Å²) in [4.78, 5) is 2.99. The van der Waals surface area contributed by atoms with Crippen molar-refractivity contribution in [1.82, 2.24) is 0 Å². The van der Waals surface area contributed by atoms with Crippen LogP contribution in [0.4, 0.5) is 0 Å². The van der Waals surface area contributed by atoms with Crippen molar-refractivity contribution in [2.45, 2.75) is 0 Å². The second-order valence-corrected chi connectivity index (χ2v) is 5.30. The van der Waals surface area contributed by atoms with Crippen LogP contribution in [0.1, 0.15) is 0 Å². The zero-order valence-corrected chi connectivity index (χ0v) is 5.40. The second kappa shape index (κ2) is 2.14. The summed E-state index contributed by atoms with van der Waals surface area (Å²) in [5.41, 5.74) is 0. The third-order valence-electron chi connectivity index (χ3n) is 0.411. The van der Waals surface area contributed by atoms with Crippen molar-refractivity contribution in [1.29, 1.82) is 0 Å². The minimum Gasteiger partial charge on any atom is -0.316 e. The van der Waals surface area contributed by atoms with Crippen LogP contribution in [0, 0.1) is 6.57 Å². The fourth-order valence-corrected chi connectivity index (χ4v) is 0.511. The zero-order valence-electron chi connectivity index (χ0n) is 4.51. The SMILES string of the molecule is [C-]#[N+]CP(C)(C)=O. The molecule has 0 unspecified atom stereocenters. The van der Waals surface area contributed by atoms with Crippen LogP contribution in [0.5, 0.6) is 0 Å². The van der Waals surface area contributed by atoms with Gasteiger partial charge in [-0.2, -0.15) is 0 Å². The quantitative estimate of drug-likeness (QED) is 0.376. The van der Waals surface area contributed by atoms with Crippen LogP contribution in [0.2, 0.25) is 0 Å². The topological polar surface area (TPSA) is 21.4 Å². The molecule has 0 amide bonds. The Morgan fingerprint density at radius 2 is 2.14 bits per heavy atom. The Bertz CT molecular complexity index is 129. The van der Waals surface area contributed by atoms with Gasteiger partial charge in [0, 0.05) is 0 Å². The first-order valence-electron chi connectivity index (χ1n) is 1.93. The highest BCUT2D eigenvalue weighted by molar-refractivity contribution is 7.62. The van der Waals surface area contributed by atoms with E-state index in [4.69, 9.17) is 6.57 Å². The van der Waals surface area contributed by atoms with Crippen molar-refractivity contribution in [2.24, 2.45) is 0 Å². The summed E-state index contributed by atoms with van der Waals surface area (Å²) in [6.07, 6.45) is 0.188. The molecule has 0 radical (unpaired) electrons. The first-order valence-corrected chi connectivity index (χ1v) is 4.72. The molecule has 0 aromatic rings. The summed E-state index contributed by atoms with van der Waals surface area (Å²) < 4.78 is 10.6. The zero-order chi connectivity index (χ0) is 5.91. The van der Waals surface area contributed by atoms with E-state index < -0.39 is 7.14 Å². The Balaban J connectivity index is 3.65. The van der Waals surface area contributed by atoms with Gasteiger partial charge in [-0.3, -0.25) is 0 Å². The average Bonchev–Trinajstić information content (AvgIpc) is 1.30. The molecule has 3 heteroatoms. The molecular formula is C4H8NOP. The molecule has 0 aromatic carbocycles. The fourth-order valence-electron chi connectivity index (χ4n) is 0.170. The summed E-state index contributed by atoms with van der Waals surface area (Å²) in [5, 5.41) is 0. The van der Waals surface area contributed by atoms with Crippen molar-refractivity contribution in [2.75, 3.05) is 19.6 Å². The van der Waals surface area contributed by atoms with E-state index in [2.05, 4.69) is 4.85 Å². The predicted octanol–water partition coefficient (Wildman–Crippen LogP) is 1.49. The van der Waals surface area contributed by atoms with Crippen LogP contribution in [0.15, 0.2) is 0 Å². The van der Waals surface area contributed by atoms with Crippen molar-refractivity contribution >= 4 is 7.14 Å². The van der Waals surface area contributed by atoms with Crippen LogP contribution in [0.25, 0.3) is 4.85 Å². The maximum atomic E-state index is 10.6. The molecule has 0 atom stereocenters. The van der Waals surface area contributed by atoms with Crippen molar-refractivity contribution in [3.8, 4) is 0 Å². The van der Waals surface area contributed by atoms with E-state index in [0.717, 1.165) is 0 Å². The van der Waals surface area contributed by atoms with Gasteiger partial charge in [0.05, 0.1) is 0 Å².